The number of nitrogens with zero attached hydrogens (tertiary/aromatic N) is 1. The van der Waals surface area contributed by atoms with Crippen LogP contribution in [0.4, 0.5) is 0 Å². The molecule has 0 aromatic carbocycles. The molecule has 80 valence electrons. The fourth-order valence-electron chi connectivity index (χ4n) is 3.30. The lowest BCUT2D eigenvalue weighted by Gasteiger charge is -2.31. The van der Waals surface area contributed by atoms with Crippen molar-refractivity contribution in [2.45, 2.75) is 69.6 Å². The fraction of sp³-hybridized carbons (Fsp3) is 1.00. The molecular weight excluding hydrogens is 172 g/mol. The summed E-state index contributed by atoms with van der Waals surface area (Å²) in [6, 6.07) is 3.50. The molecule has 3 atom stereocenters. The summed E-state index contributed by atoms with van der Waals surface area (Å²) < 4.78 is 0. The van der Waals surface area contributed by atoms with Crippen LogP contribution in [0.1, 0.15) is 45.4 Å². The minimum Gasteiger partial charge on any atom is -0.310 e. The highest BCUT2D eigenvalue weighted by Crippen LogP contribution is 2.36. The predicted octanol–water partition coefficient (Wildman–Crippen LogP) is 1.75. The van der Waals surface area contributed by atoms with Crippen LogP contribution in [-0.4, -0.2) is 35.6 Å². The molecule has 3 fully saturated rings. The molecule has 2 nitrogen and oxygen atoms in total. The van der Waals surface area contributed by atoms with Crippen molar-refractivity contribution in [2.75, 3.05) is 6.54 Å². The molecule has 1 saturated heterocycles. The second-order valence-corrected chi connectivity index (χ2v) is 5.36. The molecular formula is C12H22N2. The smallest absolute Gasteiger partial charge is 0.0195 e. The van der Waals surface area contributed by atoms with Gasteiger partial charge in [0.15, 0.2) is 0 Å². The monoisotopic (exact) mass is 194 g/mol. The maximum Gasteiger partial charge on any atom is 0.0195 e. The highest BCUT2D eigenvalue weighted by atomic mass is 15.3. The molecule has 0 spiro atoms. The van der Waals surface area contributed by atoms with Crippen molar-refractivity contribution in [2.24, 2.45) is 0 Å². The first kappa shape index (κ1) is 9.17. The van der Waals surface area contributed by atoms with Crippen LogP contribution in [-0.2, 0) is 0 Å². The fourth-order valence-corrected chi connectivity index (χ4v) is 3.30. The van der Waals surface area contributed by atoms with Crippen LogP contribution in [0.2, 0.25) is 0 Å². The maximum atomic E-state index is 3.83. The molecule has 14 heavy (non-hydrogen) atoms. The van der Waals surface area contributed by atoms with Crippen LogP contribution >= 0.6 is 0 Å². The van der Waals surface area contributed by atoms with Gasteiger partial charge in [-0.2, -0.15) is 0 Å². The second-order valence-electron chi connectivity index (χ2n) is 5.36. The van der Waals surface area contributed by atoms with E-state index in [4.69, 9.17) is 0 Å². The zero-order valence-corrected chi connectivity index (χ0v) is 9.21. The van der Waals surface area contributed by atoms with Crippen LogP contribution < -0.4 is 5.32 Å². The third-order valence-electron chi connectivity index (χ3n) is 4.29. The maximum absolute atomic E-state index is 3.83. The Morgan fingerprint density at radius 3 is 2.64 bits per heavy atom. The molecule has 0 radical (unpaired) electrons. The Kier molecular flexibility index (Phi) is 2.29. The molecule has 0 aromatic rings. The Bertz CT molecular complexity index is 212. The first-order chi connectivity index (χ1) is 6.86. The van der Waals surface area contributed by atoms with Gasteiger partial charge in [-0.25, -0.2) is 0 Å². The van der Waals surface area contributed by atoms with Gasteiger partial charge in [-0.3, -0.25) is 4.90 Å². The molecule has 2 saturated carbocycles. The van der Waals surface area contributed by atoms with Gasteiger partial charge >= 0.3 is 0 Å². The first-order valence-electron chi connectivity index (χ1n) is 6.38. The van der Waals surface area contributed by atoms with Gasteiger partial charge in [-0.15, -0.1) is 0 Å². The topological polar surface area (TPSA) is 15.3 Å². The molecule has 0 amide bonds. The van der Waals surface area contributed by atoms with Gasteiger partial charge in [-0.05, 0) is 38.5 Å². The van der Waals surface area contributed by atoms with E-state index in [-0.39, 0.29) is 0 Å². The quantitative estimate of drug-likeness (QED) is 0.720. The molecule has 2 heteroatoms. The molecule has 3 aliphatic rings. The molecule has 3 unspecified atom stereocenters. The summed E-state index contributed by atoms with van der Waals surface area (Å²) in [6.45, 7) is 3.64. The van der Waals surface area contributed by atoms with Gasteiger partial charge < -0.3 is 5.32 Å². The van der Waals surface area contributed by atoms with Gasteiger partial charge in [0, 0.05) is 30.7 Å². The standard InChI is InChI=1S/C12H22N2/c1-2-9-8-14(11-5-6-11)12-4-3-10(7-12)13-9/h9-13H,2-8H2,1H3. The van der Waals surface area contributed by atoms with E-state index in [2.05, 4.69) is 17.1 Å². The average Bonchev–Trinajstić information content (AvgIpc) is 2.91. The van der Waals surface area contributed by atoms with E-state index in [0.29, 0.717) is 0 Å². The van der Waals surface area contributed by atoms with Crippen molar-refractivity contribution in [3.63, 3.8) is 0 Å². The Labute approximate surface area is 87.0 Å². The van der Waals surface area contributed by atoms with E-state index < -0.39 is 0 Å². The summed E-state index contributed by atoms with van der Waals surface area (Å²) in [5.74, 6) is 0. The minimum absolute atomic E-state index is 0.769. The lowest BCUT2D eigenvalue weighted by Crippen LogP contribution is -2.44. The van der Waals surface area contributed by atoms with Gasteiger partial charge in [0.05, 0.1) is 0 Å². The van der Waals surface area contributed by atoms with E-state index in [0.717, 1.165) is 24.2 Å². The number of hydrogen-bond acceptors (Lipinski definition) is 2. The van der Waals surface area contributed by atoms with Gasteiger partial charge in [-0.1, -0.05) is 6.92 Å². The molecule has 0 aromatic heterocycles. The SMILES string of the molecule is CCC1CN(C2CC2)C2CCC(C2)N1. The lowest BCUT2D eigenvalue weighted by atomic mass is 10.1. The van der Waals surface area contributed by atoms with E-state index >= 15 is 0 Å². The van der Waals surface area contributed by atoms with Crippen molar-refractivity contribution >= 4 is 0 Å². The normalized spacial score (nSPS) is 43.9. The molecule has 1 aliphatic heterocycles. The summed E-state index contributed by atoms with van der Waals surface area (Å²) in [5, 5.41) is 3.83. The summed E-state index contributed by atoms with van der Waals surface area (Å²) in [6.07, 6.45) is 8.53. The van der Waals surface area contributed by atoms with Crippen molar-refractivity contribution in [1.82, 2.24) is 10.2 Å². The van der Waals surface area contributed by atoms with Crippen LogP contribution in [0.5, 0.6) is 0 Å². The highest BCUT2D eigenvalue weighted by molar-refractivity contribution is 4.99. The van der Waals surface area contributed by atoms with E-state index in [1.807, 2.05) is 0 Å². The van der Waals surface area contributed by atoms with Gasteiger partial charge in [0.25, 0.3) is 0 Å². The molecule has 3 rings (SSSR count). The van der Waals surface area contributed by atoms with Gasteiger partial charge in [0.2, 0.25) is 0 Å². The van der Waals surface area contributed by atoms with Crippen molar-refractivity contribution < 1.29 is 0 Å². The van der Waals surface area contributed by atoms with E-state index in [9.17, 15) is 0 Å². The second kappa shape index (κ2) is 3.49. The Balaban J connectivity index is 1.74. The highest BCUT2D eigenvalue weighted by Gasteiger charge is 2.41. The van der Waals surface area contributed by atoms with E-state index in [1.54, 1.807) is 0 Å². The molecule has 1 N–H and O–H groups in total. The largest absolute Gasteiger partial charge is 0.310 e. The summed E-state index contributed by atoms with van der Waals surface area (Å²) in [7, 11) is 0. The summed E-state index contributed by atoms with van der Waals surface area (Å²) in [5.41, 5.74) is 0. The first-order valence-corrected chi connectivity index (χ1v) is 6.38. The van der Waals surface area contributed by atoms with Crippen molar-refractivity contribution in [1.29, 1.82) is 0 Å². The molecule has 1 heterocycles. The third-order valence-corrected chi connectivity index (χ3v) is 4.29. The number of rotatable bonds is 2. The van der Waals surface area contributed by atoms with Crippen LogP contribution in [0.15, 0.2) is 0 Å². The Morgan fingerprint density at radius 1 is 1.14 bits per heavy atom. The van der Waals surface area contributed by atoms with Crippen LogP contribution in [0, 0.1) is 0 Å². The van der Waals surface area contributed by atoms with Gasteiger partial charge in [0.1, 0.15) is 0 Å². The van der Waals surface area contributed by atoms with E-state index in [1.165, 1.54) is 45.1 Å². The Morgan fingerprint density at radius 2 is 1.93 bits per heavy atom. The predicted molar refractivity (Wildman–Crippen MR) is 58.4 cm³/mol. The summed E-state index contributed by atoms with van der Waals surface area (Å²) in [4.78, 5) is 2.83. The number of fused-ring (bicyclic) bond motifs is 2. The van der Waals surface area contributed by atoms with Crippen molar-refractivity contribution in [3.8, 4) is 0 Å². The van der Waals surface area contributed by atoms with Crippen LogP contribution in [0.25, 0.3) is 0 Å². The number of hydrogen-bond donors (Lipinski definition) is 1. The lowest BCUT2D eigenvalue weighted by molar-refractivity contribution is 0.178. The minimum atomic E-state index is 0.769. The summed E-state index contributed by atoms with van der Waals surface area (Å²) >= 11 is 0. The third kappa shape index (κ3) is 1.59. The number of nitrogens with one attached hydrogen (secondary N) is 1. The van der Waals surface area contributed by atoms with Crippen LogP contribution in [0.3, 0.4) is 0 Å². The molecule has 2 bridgehead atoms. The van der Waals surface area contributed by atoms with Crippen molar-refractivity contribution in [3.05, 3.63) is 0 Å². The average molecular weight is 194 g/mol. The zero-order chi connectivity index (χ0) is 9.54. The Hall–Kier alpha value is -0.0800. The molecule has 2 aliphatic carbocycles. The zero-order valence-electron chi connectivity index (χ0n) is 9.21.